The zero-order valence-electron chi connectivity index (χ0n) is 19.0. The average molecular weight is 461 g/mol. The van der Waals surface area contributed by atoms with Crippen molar-refractivity contribution >= 4 is 28.3 Å². The van der Waals surface area contributed by atoms with Crippen LogP contribution in [-0.2, 0) is 9.53 Å². The summed E-state index contributed by atoms with van der Waals surface area (Å²) in [6.45, 7) is 7.49. The molecule has 0 bridgehead atoms. The molecule has 0 aliphatic rings. The van der Waals surface area contributed by atoms with Crippen LogP contribution >= 0.6 is 11.6 Å². The van der Waals surface area contributed by atoms with Crippen molar-refractivity contribution in [1.82, 2.24) is 9.97 Å². The molecule has 0 fully saturated rings. The van der Waals surface area contributed by atoms with Crippen molar-refractivity contribution in [2.45, 2.75) is 39.4 Å². The molecule has 0 aliphatic heterocycles. The molecule has 3 aromatic carbocycles. The highest BCUT2D eigenvalue weighted by molar-refractivity contribution is 6.30. The molecule has 0 radical (unpaired) electrons. The van der Waals surface area contributed by atoms with E-state index < -0.39 is 17.7 Å². The minimum absolute atomic E-state index is 0.615. The van der Waals surface area contributed by atoms with E-state index in [-0.39, 0.29) is 0 Å². The van der Waals surface area contributed by atoms with Crippen molar-refractivity contribution in [3.05, 3.63) is 83.4 Å². The highest BCUT2D eigenvalue weighted by atomic mass is 35.5. The van der Waals surface area contributed by atoms with E-state index in [1.54, 1.807) is 12.4 Å². The number of halogens is 1. The number of carboxylic acid groups (broad SMARTS) is 1. The molecule has 33 heavy (non-hydrogen) atoms. The summed E-state index contributed by atoms with van der Waals surface area (Å²) in [6, 6.07) is 15.5. The Labute approximate surface area is 198 Å². The van der Waals surface area contributed by atoms with Gasteiger partial charge >= 0.3 is 5.97 Å². The summed E-state index contributed by atoms with van der Waals surface area (Å²) in [4.78, 5) is 20.6. The fraction of sp³-hybridized carbons (Fsp3) is 0.222. The molecule has 1 N–H and O–H groups in total. The molecular weight excluding hydrogens is 436 g/mol. The second-order valence-electron chi connectivity index (χ2n) is 9.00. The first kappa shape index (κ1) is 22.9. The lowest BCUT2D eigenvalue weighted by molar-refractivity contribution is -0.160. The van der Waals surface area contributed by atoms with Gasteiger partial charge in [0.1, 0.15) is 6.33 Å². The van der Waals surface area contributed by atoms with Crippen LogP contribution in [0.15, 0.2) is 67.3 Å². The monoisotopic (exact) mass is 460 g/mol. The summed E-state index contributed by atoms with van der Waals surface area (Å²) in [5.41, 5.74) is 4.44. The standard InChI is InChI=1S/C27H25ClN2O3/c1-16-11-19-12-18(20-13-29-15-30-14-20)7-10-22(19)24(17-5-8-21(28)9-6-17)23(16)25(26(31)32)33-27(2,3)4/h5-15,25H,1-4H3,(H,31,32)/t25-/m0/s1. The van der Waals surface area contributed by atoms with Crippen molar-refractivity contribution < 1.29 is 14.6 Å². The van der Waals surface area contributed by atoms with Crippen LogP contribution in [0.3, 0.4) is 0 Å². The van der Waals surface area contributed by atoms with Crippen LogP contribution in [0, 0.1) is 6.92 Å². The third-order valence-corrected chi connectivity index (χ3v) is 5.62. The van der Waals surface area contributed by atoms with Crippen molar-refractivity contribution in [3.63, 3.8) is 0 Å². The second kappa shape index (κ2) is 8.93. The molecule has 0 unspecified atom stereocenters. The maximum atomic E-state index is 12.4. The molecule has 168 valence electrons. The number of benzene rings is 3. The molecule has 6 heteroatoms. The summed E-state index contributed by atoms with van der Waals surface area (Å²) < 4.78 is 6.05. The van der Waals surface area contributed by atoms with E-state index in [1.165, 1.54) is 6.33 Å². The summed E-state index contributed by atoms with van der Waals surface area (Å²) in [6.07, 6.45) is 3.92. The van der Waals surface area contributed by atoms with Gasteiger partial charge in [-0.1, -0.05) is 41.9 Å². The number of carbonyl (C=O) groups is 1. The van der Waals surface area contributed by atoms with Crippen LogP contribution in [0.4, 0.5) is 0 Å². The molecule has 1 aromatic heterocycles. The molecule has 1 atom stereocenters. The number of hydrogen-bond acceptors (Lipinski definition) is 4. The number of fused-ring (bicyclic) bond motifs is 1. The second-order valence-corrected chi connectivity index (χ2v) is 9.44. The van der Waals surface area contributed by atoms with Gasteiger partial charge in [-0.15, -0.1) is 0 Å². The fourth-order valence-electron chi connectivity index (χ4n) is 4.04. The summed E-state index contributed by atoms with van der Waals surface area (Å²) in [5.74, 6) is -1.03. The number of rotatable bonds is 5. The lowest BCUT2D eigenvalue weighted by Crippen LogP contribution is -2.28. The normalized spacial score (nSPS) is 12.6. The maximum Gasteiger partial charge on any atom is 0.337 e. The number of carboxylic acids is 1. The van der Waals surface area contributed by atoms with Gasteiger partial charge in [0.05, 0.1) is 5.60 Å². The van der Waals surface area contributed by atoms with E-state index in [1.807, 2.05) is 70.2 Å². The molecule has 0 amide bonds. The average Bonchev–Trinajstić information content (AvgIpc) is 2.77. The number of nitrogens with zero attached hydrogens (tertiary/aromatic N) is 2. The Morgan fingerprint density at radius 2 is 1.61 bits per heavy atom. The first-order chi connectivity index (χ1) is 15.6. The predicted molar refractivity (Wildman–Crippen MR) is 131 cm³/mol. The van der Waals surface area contributed by atoms with Gasteiger partial charge in [-0.2, -0.15) is 0 Å². The summed E-state index contributed by atoms with van der Waals surface area (Å²) in [7, 11) is 0. The molecule has 0 saturated heterocycles. The lowest BCUT2D eigenvalue weighted by atomic mass is 9.86. The van der Waals surface area contributed by atoms with Crippen molar-refractivity contribution in [2.75, 3.05) is 0 Å². The highest BCUT2D eigenvalue weighted by Gasteiger charge is 2.31. The Balaban J connectivity index is 2.02. The van der Waals surface area contributed by atoms with Crippen molar-refractivity contribution in [1.29, 1.82) is 0 Å². The quantitative estimate of drug-likeness (QED) is 0.352. The van der Waals surface area contributed by atoms with Crippen LogP contribution < -0.4 is 0 Å². The van der Waals surface area contributed by atoms with Gasteiger partial charge in [-0.05, 0) is 78.9 Å². The molecule has 4 rings (SSSR count). The summed E-state index contributed by atoms with van der Waals surface area (Å²) >= 11 is 6.15. The molecule has 0 saturated carbocycles. The Kier molecular flexibility index (Phi) is 6.19. The van der Waals surface area contributed by atoms with Crippen molar-refractivity contribution in [3.8, 4) is 22.3 Å². The predicted octanol–water partition coefficient (Wildman–Crippen LogP) is 6.87. The van der Waals surface area contributed by atoms with Gasteiger partial charge in [0.25, 0.3) is 0 Å². The third kappa shape index (κ3) is 4.90. The molecular formula is C27H25ClN2O3. The SMILES string of the molecule is Cc1cc2cc(-c3cncnc3)ccc2c(-c2ccc(Cl)cc2)c1[C@H](OC(C)(C)C)C(=O)O. The minimum atomic E-state index is -1.12. The molecule has 5 nitrogen and oxygen atoms in total. The number of aliphatic carboxylic acids is 1. The topological polar surface area (TPSA) is 72.3 Å². The first-order valence-corrected chi connectivity index (χ1v) is 11.0. The Morgan fingerprint density at radius 1 is 0.970 bits per heavy atom. The number of ether oxygens (including phenoxy) is 1. The van der Waals surface area contributed by atoms with E-state index in [0.29, 0.717) is 10.6 Å². The Hall–Kier alpha value is -3.28. The van der Waals surface area contributed by atoms with E-state index in [2.05, 4.69) is 16.0 Å². The smallest absolute Gasteiger partial charge is 0.337 e. The minimum Gasteiger partial charge on any atom is -0.479 e. The number of aromatic nitrogens is 2. The van der Waals surface area contributed by atoms with Crippen LogP contribution in [0.5, 0.6) is 0 Å². The van der Waals surface area contributed by atoms with Crippen LogP contribution in [0.2, 0.25) is 5.02 Å². The van der Waals surface area contributed by atoms with Crippen LogP contribution in [0.25, 0.3) is 33.0 Å². The molecule has 0 spiro atoms. The third-order valence-electron chi connectivity index (χ3n) is 5.37. The van der Waals surface area contributed by atoms with Crippen LogP contribution in [0.1, 0.15) is 38.0 Å². The number of hydrogen-bond donors (Lipinski definition) is 1. The van der Waals surface area contributed by atoms with Gasteiger partial charge in [0, 0.05) is 28.5 Å². The maximum absolute atomic E-state index is 12.4. The fourth-order valence-corrected chi connectivity index (χ4v) is 4.17. The molecule has 1 heterocycles. The van der Waals surface area contributed by atoms with Gasteiger partial charge in [-0.25, -0.2) is 14.8 Å². The van der Waals surface area contributed by atoms with E-state index in [0.717, 1.165) is 38.6 Å². The van der Waals surface area contributed by atoms with Gasteiger partial charge in [0.15, 0.2) is 6.10 Å². The van der Waals surface area contributed by atoms with Gasteiger partial charge < -0.3 is 9.84 Å². The van der Waals surface area contributed by atoms with Gasteiger partial charge in [0.2, 0.25) is 0 Å². The van der Waals surface area contributed by atoms with E-state index >= 15 is 0 Å². The zero-order valence-corrected chi connectivity index (χ0v) is 19.7. The molecule has 0 aliphatic carbocycles. The Bertz CT molecular complexity index is 1310. The van der Waals surface area contributed by atoms with E-state index in [4.69, 9.17) is 16.3 Å². The Morgan fingerprint density at radius 3 is 2.21 bits per heavy atom. The summed E-state index contributed by atoms with van der Waals surface area (Å²) in [5, 5.41) is 12.7. The largest absolute Gasteiger partial charge is 0.479 e. The van der Waals surface area contributed by atoms with E-state index in [9.17, 15) is 9.90 Å². The van der Waals surface area contributed by atoms with Crippen molar-refractivity contribution in [2.24, 2.45) is 0 Å². The first-order valence-electron chi connectivity index (χ1n) is 10.6. The highest BCUT2D eigenvalue weighted by Crippen LogP contribution is 2.41. The van der Waals surface area contributed by atoms with Crippen LogP contribution in [-0.4, -0.2) is 26.6 Å². The number of aryl methyl sites for hydroxylation is 1. The molecule has 4 aromatic rings. The zero-order chi connectivity index (χ0) is 23.8. The van der Waals surface area contributed by atoms with Gasteiger partial charge in [-0.3, -0.25) is 0 Å². The lowest BCUT2D eigenvalue weighted by Gasteiger charge is -2.28.